The third-order valence-corrected chi connectivity index (χ3v) is 5.18. The molecule has 1 atom stereocenters. The molecule has 0 fully saturated rings. The molecule has 0 aliphatic heterocycles. The van der Waals surface area contributed by atoms with Gasteiger partial charge in [0, 0.05) is 18.6 Å². The van der Waals surface area contributed by atoms with Crippen molar-refractivity contribution in [3.05, 3.63) is 28.8 Å². The third-order valence-electron chi connectivity index (χ3n) is 2.77. The molecule has 0 aliphatic carbocycles. The van der Waals surface area contributed by atoms with Crippen LogP contribution in [-0.4, -0.2) is 37.5 Å². The second kappa shape index (κ2) is 6.02. The number of halogens is 1. The average molecular weight is 292 g/mol. The van der Waals surface area contributed by atoms with Gasteiger partial charge in [-0.15, -0.1) is 0 Å². The van der Waals surface area contributed by atoms with E-state index >= 15 is 0 Å². The number of benzene rings is 1. The van der Waals surface area contributed by atoms with Gasteiger partial charge in [-0.3, -0.25) is 0 Å². The van der Waals surface area contributed by atoms with E-state index in [4.69, 9.17) is 11.6 Å². The number of rotatable bonds is 5. The van der Waals surface area contributed by atoms with E-state index in [0.717, 1.165) is 0 Å². The molecular formula is C12H18ClNO3S. The molecule has 0 spiro atoms. The van der Waals surface area contributed by atoms with Crippen molar-refractivity contribution in [3.8, 4) is 0 Å². The van der Waals surface area contributed by atoms with Crippen LogP contribution in [0.25, 0.3) is 0 Å². The molecule has 0 saturated heterocycles. The molecule has 1 N–H and O–H groups in total. The van der Waals surface area contributed by atoms with Crippen LogP contribution in [0.4, 0.5) is 0 Å². The van der Waals surface area contributed by atoms with Crippen LogP contribution in [0.2, 0.25) is 5.02 Å². The van der Waals surface area contributed by atoms with E-state index in [9.17, 15) is 13.5 Å². The number of sulfonamides is 1. The van der Waals surface area contributed by atoms with Crippen LogP contribution in [0.1, 0.15) is 18.9 Å². The van der Waals surface area contributed by atoms with Gasteiger partial charge in [0.15, 0.2) is 0 Å². The Hall–Kier alpha value is -0.620. The molecule has 0 bridgehead atoms. The lowest BCUT2D eigenvalue weighted by molar-refractivity contribution is 0.177. The summed E-state index contributed by atoms with van der Waals surface area (Å²) >= 11 is 5.93. The Balaban J connectivity index is 3.02. The van der Waals surface area contributed by atoms with Crippen LogP contribution in [0.5, 0.6) is 0 Å². The Morgan fingerprint density at radius 2 is 2.06 bits per heavy atom. The van der Waals surface area contributed by atoms with E-state index in [2.05, 4.69) is 0 Å². The van der Waals surface area contributed by atoms with Crippen molar-refractivity contribution in [1.29, 1.82) is 0 Å². The van der Waals surface area contributed by atoms with Crippen LogP contribution in [0, 0.1) is 6.92 Å². The summed E-state index contributed by atoms with van der Waals surface area (Å²) in [6.07, 6.45) is -0.127. The van der Waals surface area contributed by atoms with Gasteiger partial charge in [0.2, 0.25) is 10.0 Å². The van der Waals surface area contributed by atoms with Crippen molar-refractivity contribution in [2.45, 2.75) is 31.3 Å². The van der Waals surface area contributed by atoms with Crippen molar-refractivity contribution >= 4 is 21.6 Å². The first-order chi connectivity index (χ1) is 8.26. The molecule has 0 radical (unpaired) electrons. The molecular weight excluding hydrogens is 274 g/mol. The molecule has 0 aliphatic rings. The minimum absolute atomic E-state index is 0.211. The van der Waals surface area contributed by atoms with Crippen LogP contribution in [0.3, 0.4) is 0 Å². The van der Waals surface area contributed by atoms with E-state index in [1.807, 2.05) is 0 Å². The smallest absolute Gasteiger partial charge is 0.243 e. The Bertz CT molecular complexity index is 514. The van der Waals surface area contributed by atoms with Gasteiger partial charge in [-0.1, -0.05) is 17.7 Å². The lowest BCUT2D eigenvalue weighted by atomic mass is 10.2. The van der Waals surface area contributed by atoms with Crippen LogP contribution >= 0.6 is 11.6 Å². The predicted octanol–water partition coefficient (Wildman–Crippen LogP) is 2.04. The summed E-state index contributed by atoms with van der Waals surface area (Å²) < 4.78 is 25.8. The molecule has 0 amide bonds. The Morgan fingerprint density at radius 3 is 2.61 bits per heavy atom. The molecule has 4 nitrogen and oxygen atoms in total. The Kier molecular flexibility index (Phi) is 5.16. The summed E-state index contributed by atoms with van der Waals surface area (Å²) in [7, 11) is -2.05. The van der Waals surface area contributed by atoms with Crippen molar-refractivity contribution in [1.82, 2.24) is 4.31 Å². The maximum atomic E-state index is 12.3. The Morgan fingerprint density at radius 1 is 1.44 bits per heavy atom. The molecule has 1 aromatic carbocycles. The van der Waals surface area contributed by atoms with Crippen LogP contribution in [0.15, 0.2) is 23.1 Å². The first-order valence-corrected chi connectivity index (χ1v) is 7.48. The highest BCUT2D eigenvalue weighted by Crippen LogP contribution is 2.25. The maximum Gasteiger partial charge on any atom is 0.243 e. The van der Waals surface area contributed by atoms with Gasteiger partial charge in [-0.05, 0) is 38.0 Å². The van der Waals surface area contributed by atoms with E-state index in [0.29, 0.717) is 17.0 Å². The molecule has 1 aromatic rings. The van der Waals surface area contributed by atoms with Gasteiger partial charge < -0.3 is 5.11 Å². The molecule has 0 aromatic heterocycles. The summed E-state index contributed by atoms with van der Waals surface area (Å²) in [6.45, 7) is 3.58. The SMILES string of the molecule is Cc1c(Cl)cccc1S(=O)(=O)N(C)CCC(C)O. The summed E-state index contributed by atoms with van der Waals surface area (Å²) in [6, 6.07) is 4.81. The summed E-state index contributed by atoms with van der Waals surface area (Å²) in [5, 5.41) is 9.62. The van der Waals surface area contributed by atoms with E-state index in [1.165, 1.54) is 17.4 Å². The fraction of sp³-hybridized carbons (Fsp3) is 0.500. The second-order valence-electron chi connectivity index (χ2n) is 4.33. The van der Waals surface area contributed by atoms with E-state index in [-0.39, 0.29) is 11.4 Å². The lowest BCUT2D eigenvalue weighted by Crippen LogP contribution is -2.30. The molecule has 1 unspecified atom stereocenters. The zero-order valence-corrected chi connectivity index (χ0v) is 12.3. The van der Waals surface area contributed by atoms with Crippen molar-refractivity contribution in [2.75, 3.05) is 13.6 Å². The molecule has 0 heterocycles. The number of hydrogen-bond donors (Lipinski definition) is 1. The molecule has 1 rings (SSSR count). The highest BCUT2D eigenvalue weighted by atomic mass is 35.5. The third kappa shape index (κ3) is 3.45. The number of aliphatic hydroxyl groups excluding tert-OH is 1. The zero-order chi connectivity index (χ0) is 13.9. The lowest BCUT2D eigenvalue weighted by Gasteiger charge is -2.19. The normalized spacial score (nSPS) is 13.9. The molecule has 18 heavy (non-hydrogen) atoms. The van der Waals surface area contributed by atoms with Gasteiger partial charge in [0.1, 0.15) is 0 Å². The summed E-state index contributed by atoms with van der Waals surface area (Å²) in [5.41, 5.74) is 0.545. The van der Waals surface area contributed by atoms with E-state index < -0.39 is 16.1 Å². The predicted molar refractivity (Wildman–Crippen MR) is 72.3 cm³/mol. The fourth-order valence-corrected chi connectivity index (χ4v) is 3.18. The van der Waals surface area contributed by atoms with Crippen molar-refractivity contribution < 1.29 is 13.5 Å². The minimum atomic E-state index is -3.55. The van der Waals surface area contributed by atoms with E-state index in [1.54, 1.807) is 26.0 Å². The Labute approximate surface area is 113 Å². The first-order valence-electron chi connectivity index (χ1n) is 5.66. The van der Waals surface area contributed by atoms with Crippen molar-refractivity contribution in [3.63, 3.8) is 0 Å². The standard InChI is InChI=1S/C12H18ClNO3S/c1-9(15)7-8-14(3)18(16,17)12-6-4-5-11(13)10(12)2/h4-6,9,15H,7-8H2,1-3H3. The molecule has 0 saturated carbocycles. The first kappa shape index (κ1) is 15.4. The minimum Gasteiger partial charge on any atom is -0.393 e. The van der Waals surface area contributed by atoms with Gasteiger partial charge >= 0.3 is 0 Å². The van der Waals surface area contributed by atoms with Gasteiger partial charge in [0.05, 0.1) is 11.0 Å². The number of aliphatic hydroxyl groups is 1. The quantitative estimate of drug-likeness (QED) is 0.903. The highest BCUT2D eigenvalue weighted by molar-refractivity contribution is 7.89. The maximum absolute atomic E-state index is 12.3. The second-order valence-corrected chi connectivity index (χ2v) is 6.75. The zero-order valence-electron chi connectivity index (χ0n) is 10.7. The highest BCUT2D eigenvalue weighted by Gasteiger charge is 2.23. The van der Waals surface area contributed by atoms with Gasteiger partial charge in [-0.2, -0.15) is 0 Å². The molecule has 6 heteroatoms. The fourth-order valence-electron chi connectivity index (χ4n) is 1.52. The average Bonchev–Trinajstić information content (AvgIpc) is 2.29. The van der Waals surface area contributed by atoms with Crippen molar-refractivity contribution in [2.24, 2.45) is 0 Å². The topological polar surface area (TPSA) is 57.6 Å². The number of nitrogens with zero attached hydrogens (tertiary/aromatic N) is 1. The number of hydrogen-bond acceptors (Lipinski definition) is 3. The van der Waals surface area contributed by atoms with Gasteiger partial charge in [-0.25, -0.2) is 12.7 Å². The van der Waals surface area contributed by atoms with Gasteiger partial charge in [0.25, 0.3) is 0 Å². The van der Waals surface area contributed by atoms with Crippen LogP contribution < -0.4 is 0 Å². The van der Waals surface area contributed by atoms with Crippen LogP contribution in [-0.2, 0) is 10.0 Å². The summed E-state index contributed by atoms with van der Waals surface area (Å²) in [5.74, 6) is 0. The summed E-state index contributed by atoms with van der Waals surface area (Å²) in [4.78, 5) is 0.211. The monoisotopic (exact) mass is 291 g/mol. The molecule has 102 valence electrons. The largest absolute Gasteiger partial charge is 0.393 e.